The third-order valence-electron chi connectivity index (χ3n) is 3.56. The lowest BCUT2D eigenvalue weighted by Gasteiger charge is -2.06. The van der Waals surface area contributed by atoms with Crippen LogP contribution in [0.5, 0.6) is 5.88 Å². The van der Waals surface area contributed by atoms with Gasteiger partial charge in [0.2, 0.25) is 5.88 Å². The van der Waals surface area contributed by atoms with Crippen LogP contribution in [0.3, 0.4) is 0 Å². The molecule has 0 amide bonds. The van der Waals surface area contributed by atoms with Gasteiger partial charge in [-0.15, -0.1) is 0 Å². The van der Waals surface area contributed by atoms with E-state index in [1.807, 2.05) is 48.3 Å². The molecule has 1 aromatic carbocycles. The molecule has 0 spiro atoms. The van der Waals surface area contributed by atoms with Gasteiger partial charge >= 0.3 is 0 Å². The van der Waals surface area contributed by atoms with E-state index in [9.17, 15) is 0 Å². The van der Waals surface area contributed by atoms with Gasteiger partial charge in [-0.3, -0.25) is 0 Å². The molecular weight excluding hydrogens is 266 g/mol. The Morgan fingerprint density at radius 3 is 3.10 bits per heavy atom. The van der Waals surface area contributed by atoms with Crippen molar-refractivity contribution in [2.24, 2.45) is 7.05 Å². The van der Waals surface area contributed by atoms with Gasteiger partial charge in [-0.1, -0.05) is 12.1 Å². The van der Waals surface area contributed by atoms with Crippen LogP contribution < -0.4 is 4.74 Å². The monoisotopic (exact) mass is 281 g/mol. The predicted molar refractivity (Wildman–Crippen MR) is 79.2 cm³/mol. The van der Waals surface area contributed by atoms with Crippen molar-refractivity contribution in [3.05, 3.63) is 42.7 Å². The average Bonchev–Trinajstić information content (AvgIpc) is 3.29. The molecule has 0 bridgehead atoms. The van der Waals surface area contributed by atoms with Crippen molar-refractivity contribution in [3.63, 3.8) is 0 Å². The van der Waals surface area contributed by atoms with E-state index < -0.39 is 0 Å². The van der Waals surface area contributed by atoms with E-state index in [-0.39, 0.29) is 6.10 Å². The highest BCUT2D eigenvalue weighted by Gasteiger charge is 2.23. The highest BCUT2D eigenvalue weighted by Crippen LogP contribution is 2.24. The predicted octanol–water partition coefficient (Wildman–Crippen LogP) is 2.41. The molecule has 106 valence electrons. The molecule has 0 radical (unpaired) electrons. The molecule has 5 heteroatoms. The number of aromatic nitrogens is 3. The number of nitrogens with zero attached hydrogens (tertiary/aromatic N) is 3. The van der Waals surface area contributed by atoms with E-state index >= 15 is 0 Å². The fourth-order valence-corrected chi connectivity index (χ4v) is 2.28. The van der Waals surface area contributed by atoms with Gasteiger partial charge in [0, 0.05) is 18.7 Å². The molecule has 1 aliphatic rings. The second-order valence-electron chi connectivity index (χ2n) is 5.19. The maximum absolute atomic E-state index is 5.63. The van der Waals surface area contributed by atoms with Crippen molar-refractivity contribution in [1.82, 2.24) is 14.5 Å². The number of epoxide rings is 1. The average molecular weight is 281 g/mol. The van der Waals surface area contributed by atoms with Gasteiger partial charge in [-0.2, -0.15) is 0 Å². The topological polar surface area (TPSA) is 52.5 Å². The third kappa shape index (κ3) is 2.48. The molecule has 1 fully saturated rings. The van der Waals surface area contributed by atoms with Gasteiger partial charge < -0.3 is 14.0 Å². The molecule has 3 heterocycles. The van der Waals surface area contributed by atoms with Gasteiger partial charge in [0.1, 0.15) is 12.7 Å². The summed E-state index contributed by atoms with van der Waals surface area (Å²) in [4.78, 5) is 8.89. The number of ether oxygens (including phenoxy) is 2. The lowest BCUT2D eigenvalue weighted by molar-refractivity contribution is 0.255. The number of aryl methyl sites for hydroxylation is 1. The van der Waals surface area contributed by atoms with Gasteiger partial charge in [-0.25, -0.2) is 9.97 Å². The Kier molecular flexibility index (Phi) is 2.86. The van der Waals surface area contributed by atoms with Gasteiger partial charge in [0.15, 0.2) is 0 Å². The number of fused-ring (bicyclic) bond motifs is 1. The smallest absolute Gasteiger partial charge is 0.213 e. The van der Waals surface area contributed by atoms with Gasteiger partial charge in [0.05, 0.1) is 29.7 Å². The summed E-state index contributed by atoms with van der Waals surface area (Å²) >= 11 is 0. The minimum Gasteiger partial charge on any atom is -0.475 e. The Morgan fingerprint density at radius 2 is 2.24 bits per heavy atom. The first-order valence-electron chi connectivity index (χ1n) is 6.92. The summed E-state index contributed by atoms with van der Waals surface area (Å²) in [6, 6.07) is 12.0. The van der Waals surface area contributed by atoms with Gasteiger partial charge in [-0.05, 0) is 18.2 Å². The van der Waals surface area contributed by atoms with E-state index in [4.69, 9.17) is 9.47 Å². The molecule has 0 saturated carbocycles. The van der Waals surface area contributed by atoms with Crippen molar-refractivity contribution in [2.45, 2.75) is 6.10 Å². The van der Waals surface area contributed by atoms with E-state index in [0.717, 1.165) is 28.9 Å². The lowest BCUT2D eigenvalue weighted by Crippen LogP contribution is -2.05. The molecule has 4 rings (SSSR count). The Labute approximate surface area is 122 Å². The minimum atomic E-state index is 0.237. The van der Waals surface area contributed by atoms with Crippen molar-refractivity contribution < 1.29 is 9.47 Å². The lowest BCUT2D eigenvalue weighted by atomic mass is 10.1. The Bertz CT molecular complexity index is 793. The number of rotatable bonds is 4. The molecule has 2 aromatic heterocycles. The zero-order chi connectivity index (χ0) is 14.2. The molecule has 3 aromatic rings. The van der Waals surface area contributed by atoms with Crippen LogP contribution in [0, 0.1) is 0 Å². The zero-order valence-corrected chi connectivity index (χ0v) is 11.7. The summed E-state index contributed by atoms with van der Waals surface area (Å²) in [6.45, 7) is 1.36. The molecule has 0 N–H and O–H groups in total. The van der Waals surface area contributed by atoms with Crippen LogP contribution in [0.2, 0.25) is 0 Å². The summed E-state index contributed by atoms with van der Waals surface area (Å²) in [5, 5.41) is 0. The van der Waals surface area contributed by atoms with Crippen molar-refractivity contribution in [1.29, 1.82) is 0 Å². The van der Waals surface area contributed by atoms with Crippen molar-refractivity contribution in [2.75, 3.05) is 13.2 Å². The van der Waals surface area contributed by atoms with E-state index in [0.29, 0.717) is 12.5 Å². The minimum absolute atomic E-state index is 0.237. The summed E-state index contributed by atoms with van der Waals surface area (Å²) in [6.07, 6.45) is 2.05. The standard InChI is InChI=1S/C16H15N3O2/c1-19-10-17-14-6-5-11(7-15(14)19)13-3-2-4-16(18-13)21-9-12-8-20-12/h2-7,10,12H,8-9H2,1H3. The number of imidazole rings is 1. The van der Waals surface area contributed by atoms with Crippen molar-refractivity contribution in [3.8, 4) is 17.1 Å². The van der Waals surface area contributed by atoms with Crippen LogP contribution >= 0.6 is 0 Å². The fraction of sp³-hybridized carbons (Fsp3) is 0.250. The van der Waals surface area contributed by atoms with Gasteiger partial charge in [0.25, 0.3) is 0 Å². The van der Waals surface area contributed by atoms with Crippen molar-refractivity contribution >= 4 is 11.0 Å². The van der Waals surface area contributed by atoms with Crippen LogP contribution in [0.4, 0.5) is 0 Å². The number of pyridine rings is 1. The molecular formula is C16H15N3O2. The third-order valence-corrected chi connectivity index (χ3v) is 3.56. The normalized spacial score (nSPS) is 17.1. The summed E-state index contributed by atoms with van der Waals surface area (Å²) in [5.41, 5.74) is 4.03. The highest BCUT2D eigenvalue weighted by molar-refractivity contribution is 5.81. The number of benzene rings is 1. The molecule has 5 nitrogen and oxygen atoms in total. The molecule has 21 heavy (non-hydrogen) atoms. The number of hydrogen-bond acceptors (Lipinski definition) is 4. The van der Waals surface area contributed by atoms with Crippen LogP contribution in [0.25, 0.3) is 22.3 Å². The highest BCUT2D eigenvalue weighted by atomic mass is 16.6. The largest absolute Gasteiger partial charge is 0.475 e. The molecule has 1 saturated heterocycles. The SMILES string of the molecule is Cn1cnc2ccc(-c3cccc(OCC4CO4)n3)cc21. The Morgan fingerprint density at radius 1 is 1.33 bits per heavy atom. The second-order valence-corrected chi connectivity index (χ2v) is 5.19. The maximum Gasteiger partial charge on any atom is 0.213 e. The fourth-order valence-electron chi connectivity index (χ4n) is 2.28. The Balaban J connectivity index is 1.66. The van der Waals surface area contributed by atoms with E-state index in [1.54, 1.807) is 0 Å². The molecule has 1 aliphatic heterocycles. The maximum atomic E-state index is 5.63. The number of hydrogen-bond donors (Lipinski definition) is 0. The Hall–Kier alpha value is -2.40. The zero-order valence-electron chi connectivity index (χ0n) is 11.7. The van der Waals surface area contributed by atoms with Crippen LogP contribution in [0.15, 0.2) is 42.7 Å². The quantitative estimate of drug-likeness (QED) is 0.689. The summed E-state index contributed by atoms with van der Waals surface area (Å²) in [7, 11) is 1.99. The second kappa shape index (κ2) is 4.86. The summed E-state index contributed by atoms with van der Waals surface area (Å²) in [5.74, 6) is 0.633. The first kappa shape index (κ1) is 12.3. The molecule has 1 atom stereocenters. The molecule has 0 aliphatic carbocycles. The van der Waals surface area contributed by atoms with Crippen LogP contribution in [0.1, 0.15) is 0 Å². The van der Waals surface area contributed by atoms with Crippen LogP contribution in [-0.4, -0.2) is 33.9 Å². The molecule has 1 unspecified atom stereocenters. The van der Waals surface area contributed by atoms with E-state index in [2.05, 4.69) is 16.0 Å². The van der Waals surface area contributed by atoms with Crippen LogP contribution in [-0.2, 0) is 11.8 Å². The first-order chi connectivity index (χ1) is 10.3. The van der Waals surface area contributed by atoms with E-state index in [1.165, 1.54) is 0 Å². The summed E-state index contributed by atoms with van der Waals surface area (Å²) < 4.78 is 12.8. The first-order valence-corrected chi connectivity index (χ1v) is 6.92.